The van der Waals surface area contributed by atoms with Gasteiger partial charge >= 0.3 is 0 Å². The monoisotopic (exact) mass is 320 g/mol. The van der Waals surface area contributed by atoms with E-state index in [2.05, 4.69) is 22.3 Å². The van der Waals surface area contributed by atoms with Crippen molar-refractivity contribution in [2.75, 3.05) is 26.8 Å². The molecule has 1 aliphatic rings. The predicted molar refractivity (Wildman–Crippen MR) is 89.9 cm³/mol. The van der Waals surface area contributed by atoms with Crippen molar-refractivity contribution < 1.29 is 14.6 Å². The average molecular weight is 320 g/mol. The lowest BCUT2D eigenvalue weighted by Gasteiger charge is -2.25. The SMILES string of the molecule is COCCC(C)C(=O)NCC1CC(O)CN1Cc1ccccc1. The Kier molecular flexibility index (Phi) is 7.02. The van der Waals surface area contributed by atoms with Gasteiger partial charge in [-0.15, -0.1) is 0 Å². The third-order valence-electron chi connectivity index (χ3n) is 4.45. The van der Waals surface area contributed by atoms with Gasteiger partial charge in [0.2, 0.25) is 5.91 Å². The Hall–Kier alpha value is -1.43. The van der Waals surface area contributed by atoms with Crippen LogP contribution in [0.15, 0.2) is 30.3 Å². The molecule has 1 aromatic rings. The number of carbonyl (C=O) groups excluding carboxylic acids is 1. The van der Waals surface area contributed by atoms with Gasteiger partial charge in [0, 0.05) is 45.3 Å². The molecule has 1 saturated heterocycles. The standard InChI is InChI=1S/C18H28N2O3/c1-14(8-9-23-2)18(22)19-11-16-10-17(21)13-20(16)12-15-6-4-3-5-7-15/h3-7,14,16-17,21H,8-13H2,1-2H3,(H,19,22). The summed E-state index contributed by atoms with van der Waals surface area (Å²) in [5, 5.41) is 13.0. The largest absolute Gasteiger partial charge is 0.392 e. The Balaban J connectivity index is 1.83. The fourth-order valence-corrected chi connectivity index (χ4v) is 3.00. The molecular weight excluding hydrogens is 292 g/mol. The fraction of sp³-hybridized carbons (Fsp3) is 0.611. The fourth-order valence-electron chi connectivity index (χ4n) is 3.00. The molecule has 0 aromatic heterocycles. The maximum absolute atomic E-state index is 12.1. The van der Waals surface area contributed by atoms with Crippen LogP contribution in [0.5, 0.6) is 0 Å². The van der Waals surface area contributed by atoms with E-state index in [9.17, 15) is 9.90 Å². The number of carbonyl (C=O) groups is 1. The Morgan fingerprint density at radius 3 is 2.87 bits per heavy atom. The first-order chi connectivity index (χ1) is 11.1. The van der Waals surface area contributed by atoms with Crippen LogP contribution in [0.4, 0.5) is 0 Å². The number of rotatable bonds is 8. The number of hydrogen-bond donors (Lipinski definition) is 2. The minimum Gasteiger partial charge on any atom is -0.392 e. The highest BCUT2D eigenvalue weighted by Crippen LogP contribution is 2.20. The average Bonchev–Trinajstić information content (AvgIpc) is 2.90. The van der Waals surface area contributed by atoms with Gasteiger partial charge in [-0.3, -0.25) is 9.69 Å². The summed E-state index contributed by atoms with van der Waals surface area (Å²) in [7, 11) is 1.64. The van der Waals surface area contributed by atoms with Crippen molar-refractivity contribution in [3.8, 4) is 0 Å². The number of nitrogens with zero attached hydrogens (tertiary/aromatic N) is 1. The molecular formula is C18H28N2O3. The van der Waals surface area contributed by atoms with E-state index in [1.165, 1.54) is 5.56 Å². The lowest BCUT2D eigenvalue weighted by molar-refractivity contribution is -0.125. The molecule has 1 amide bonds. The van der Waals surface area contributed by atoms with Crippen molar-refractivity contribution in [1.29, 1.82) is 0 Å². The number of methoxy groups -OCH3 is 1. The Morgan fingerprint density at radius 2 is 2.17 bits per heavy atom. The van der Waals surface area contributed by atoms with Gasteiger partial charge in [-0.1, -0.05) is 37.3 Å². The molecule has 0 saturated carbocycles. The van der Waals surface area contributed by atoms with Crippen molar-refractivity contribution in [3.63, 3.8) is 0 Å². The molecule has 1 aliphatic heterocycles. The summed E-state index contributed by atoms with van der Waals surface area (Å²) in [6.45, 7) is 4.56. The van der Waals surface area contributed by atoms with Crippen LogP contribution in [0, 0.1) is 5.92 Å². The second kappa shape index (κ2) is 9.01. The Morgan fingerprint density at radius 1 is 1.43 bits per heavy atom. The van der Waals surface area contributed by atoms with Gasteiger partial charge in [-0.25, -0.2) is 0 Å². The summed E-state index contributed by atoms with van der Waals surface area (Å²) in [5.74, 6) is 0.00644. The summed E-state index contributed by atoms with van der Waals surface area (Å²) in [6.07, 6.45) is 1.12. The number of benzene rings is 1. The summed E-state index contributed by atoms with van der Waals surface area (Å²) < 4.78 is 5.02. The summed E-state index contributed by atoms with van der Waals surface area (Å²) in [5.41, 5.74) is 1.23. The molecule has 2 N–H and O–H groups in total. The lowest BCUT2D eigenvalue weighted by Crippen LogP contribution is -2.41. The van der Waals surface area contributed by atoms with Gasteiger partial charge in [0.25, 0.3) is 0 Å². The summed E-state index contributed by atoms with van der Waals surface area (Å²) in [6, 6.07) is 10.4. The number of aliphatic hydroxyl groups excluding tert-OH is 1. The minimum absolute atomic E-state index is 0.0520. The zero-order valence-electron chi connectivity index (χ0n) is 14.1. The van der Waals surface area contributed by atoms with Crippen molar-refractivity contribution in [1.82, 2.24) is 10.2 Å². The number of β-amino-alcohol motifs (C(OH)–C–C–N with tert-alkyl or cyclic N) is 1. The van der Waals surface area contributed by atoms with E-state index < -0.39 is 0 Å². The summed E-state index contributed by atoms with van der Waals surface area (Å²) in [4.78, 5) is 14.4. The maximum Gasteiger partial charge on any atom is 0.222 e. The Labute approximate surface area is 138 Å². The minimum atomic E-state index is -0.313. The molecule has 2 rings (SSSR count). The van der Waals surface area contributed by atoms with E-state index in [0.717, 1.165) is 13.0 Å². The van der Waals surface area contributed by atoms with Gasteiger partial charge in [-0.05, 0) is 18.4 Å². The highest BCUT2D eigenvalue weighted by molar-refractivity contribution is 5.78. The maximum atomic E-state index is 12.1. The molecule has 5 heteroatoms. The number of hydrogen-bond acceptors (Lipinski definition) is 4. The van der Waals surface area contributed by atoms with Gasteiger partial charge in [0.15, 0.2) is 0 Å². The van der Waals surface area contributed by atoms with Crippen LogP contribution in [-0.4, -0.2) is 54.9 Å². The smallest absolute Gasteiger partial charge is 0.222 e. The van der Waals surface area contributed by atoms with E-state index in [1.54, 1.807) is 7.11 Å². The van der Waals surface area contributed by atoms with Crippen LogP contribution in [0.1, 0.15) is 25.3 Å². The first kappa shape index (κ1) is 17.9. The van der Waals surface area contributed by atoms with Gasteiger partial charge in [0.1, 0.15) is 0 Å². The van der Waals surface area contributed by atoms with Crippen molar-refractivity contribution >= 4 is 5.91 Å². The Bertz CT molecular complexity index is 480. The van der Waals surface area contributed by atoms with Crippen molar-refractivity contribution in [2.24, 2.45) is 5.92 Å². The molecule has 5 nitrogen and oxygen atoms in total. The molecule has 23 heavy (non-hydrogen) atoms. The molecule has 1 fully saturated rings. The van der Waals surface area contributed by atoms with E-state index in [1.807, 2.05) is 25.1 Å². The van der Waals surface area contributed by atoms with Gasteiger partial charge in [0.05, 0.1) is 6.10 Å². The first-order valence-electron chi connectivity index (χ1n) is 8.32. The molecule has 0 bridgehead atoms. The number of amides is 1. The van der Waals surface area contributed by atoms with Crippen LogP contribution in [-0.2, 0) is 16.1 Å². The van der Waals surface area contributed by atoms with Gasteiger partial charge in [-0.2, -0.15) is 0 Å². The number of likely N-dealkylation sites (tertiary alicyclic amines) is 1. The predicted octanol–water partition coefficient (Wildman–Crippen LogP) is 1.41. The zero-order valence-corrected chi connectivity index (χ0v) is 14.1. The van der Waals surface area contributed by atoms with Crippen molar-refractivity contribution in [2.45, 2.75) is 38.5 Å². The molecule has 3 atom stereocenters. The number of nitrogens with one attached hydrogen (secondary N) is 1. The quantitative estimate of drug-likeness (QED) is 0.760. The van der Waals surface area contributed by atoms with E-state index in [-0.39, 0.29) is 24.0 Å². The topological polar surface area (TPSA) is 61.8 Å². The molecule has 3 unspecified atom stereocenters. The van der Waals surface area contributed by atoms with Crippen LogP contribution in [0.25, 0.3) is 0 Å². The number of ether oxygens (including phenoxy) is 1. The molecule has 128 valence electrons. The number of aliphatic hydroxyl groups is 1. The van der Waals surface area contributed by atoms with Crippen LogP contribution in [0.2, 0.25) is 0 Å². The molecule has 0 spiro atoms. The van der Waals surface area contributed by atoms with Crippen LogP contribution < -0.4 is 5.32 Å². The van der Waals surface area contributed by atoms with E-state index in [0.29, 0.717) is 26.1 Å². The van der Waals surface area contributed by atoms with Crippen LogP contribution >= 0.6 is 0 Å². The second-order valence-electron chi connectivity index (χ2n) is 6.39. The molecule has 1 heterocycles. The highest BCUT2D eigenvalue weighted by atomic mass is 16.5. The molecule has 0 aliphatic carbocycles. The molecule has 1 aromatic carbocycles. The second-order valence-corrected chi connectivity index (χ2v) is 6.39. The highest BCUT2D eigenvalue weighted by Gasteiger charge is 2.31. The van der Waals surface area contributed by atoms with Gasteiger partial charge < -0.3 is 15.2 Å². The zero-order chi connectivity index (χ0) is 16.7. The van der Waals surface area contributed by atoms with E-state index >= 15 is 0 Å². The normalized spacial score (nSPS) is 22.9. The molecule has 0 radical (unpaired) electrons. The third kappa shape index (κ3) is 5.61. The van der Waals surface area contributed by atoms with Crippen molar-refractivity contribution in [3.05, 3.63) is 35.9 Å². The summed E-state index contributed by atoms with van der Waals surface area (Å²) >= 11 is 0. The first-order valence-corrected chi connectivity index (χ1v) is 8.32. The van der Waals surface area contributed by atoms with E-state index in [4.69, 9.17) is 4.74 Å². The lowest BCUT2D eigenvalue weighted by atomic mass is 10.1. The third-order valence-corrected chi connectivity index (χ3v) is 4.45. The van der Waals surface area contributed by atoms with Crippen LogP contribution in [0.3, 0.4) is 0 Å².